The van der Waals surface area contributed by atoms with Crippen LogP contribution >= 0.6 is 39.1 Å². The first-order valence-electron chi connectivity index (χ1n) is 5.86. The van der Waals surface area contributed by atoms with Crippen molar-refractivity contribution in [2.75, 3.05) is 5.33 Å². The van der Waals surface area contributed by atoms with Crippen molar-refractivity contribution in [3.8, 4) is 0 Å². The molecule has 0 N–H and O–H groups in total. The van der Waals surface area contributed by atoms with Gasteiger partial charge in [-0.1, -0.05) is 63.4 Å². The summed E-state index contributed by atoms with van der Waals surface area (Å²) < 4.78 is 5.91. The molecule has 0 fully saturated rings. The minimum Gasteiger partial charge on any atom is -0.368 e. The lowest BCUT2D eigenvalue weighted by Gasteiger charge is -2.16. The lowest BCUT2D eigenvalue weighted by molar-refractivity contribution is 0.0566. The van der Waals surface area contributed by atoms with Crippen molar-refractivity contribution in [2.24, 2.45) is 0 Å². The fraction of sp³-hybridized carbons (Fsp3) is 0.200. The Morgan fingerprint density at radius 1 is 1.00 bits per heavy atom. The fourth-order valence-electron chi connectivity index (χ4n) is 1.71. The Morgan fingerprint density at radius 3 is 2.37 bits per heavy atom. The molecule has 100 valence electrons. The lowest BCUT2D eigenvalue weighted by Crippen LogP contribution is -2.06. The molecule has 0 saturated heterocycles. The molecule has 1 unspecified atom stereocenters. The quantitative estimate of drug-likeness (QED) is 0.627. The van der Waals surface area contributed by atoms with Crippen molar-refractivity contribution in [3.05, 3.63) is 69.7 Å². The van der Waals surface area contributed by atoms with E-state index < -0.39 is 0 Å². The van der Waals surface area contributed by atoms with Crippen molar-refractivity contribution < 1.29 is 4.74 Å². The summed E-state index contributed by atoms with van der Waals surface area (Å²) in [7, 11) is 0. The molecule has 0 aromatic heterocycles. The minimum absolute atomic E-state index is 0.0191. The zero-order chi connectivity index (χ0) is 13.7. The van der Waals surface area contributed by atoms with Crippen LogP contribution in [0.1, 0.15) is 17.2 Å². The van der Waals surface area contributed by atoms with Gasteiger partial charge in [0.25, 0.3) is 0 Å². The molecule has 0 heterocycles. The van der Waals surface area contributed by atoms with Gasteiger partial charge < -0.3 is 4.74 Å². The molecule has 1 atom stereocenters. The van der Waals surface area contributed by atoms with Crippen molar-refractivity contribution >= 4 is 39.1 Å². The van der Waals surface area contributed by atoms with E-state index in [9.17, 15) is 0 Å². The van der Waals surface area contributed by atoms with Crippen molar-refractivity contribution in [2.45, 2.75) is 12.7 Å². The maximum atomic E-state index is 5.99. The van der Waals surface area contributed by atoms with Gasteiger partial charge in [-0.2, -0.15) is 0 Å². The second-order valence-corrected chi connectivity index (χ2v) is 5.66. The standard InChI is InChI=1S/C15H13BrCl2O/c16-9-15(12-2-1-3-14(18)8-12)19-10-11-4-6-13(17)7-5-11/h1-8,15H,9-10H2. The Kier molecular flexibility index (Phi) is 5.71. The predicted molar refractivity (Wildman–Crippen MR) is 84.2 cm³/mol. The highest BCUT2D eigenvalue weighted by molar-refractivity contribution is 9.09. The van der Waals surface area contributed by atoms with Crippen LogP contribution in [-0.4, -0.2) is 5.33 Å². The highest BCUT2D eigenvalue weighted by Crippen LogP contribution is 2.24. The Hall–Kier alpha value is -0.540. The molecule has 2 rings (SSSR count). The molecular weight excluding hydrogens is 347 g/mol. The lowest BCUT2D eigenvalue weighted by atomic mass is 10.1. The summed E-state index contributed by atoms with van der Waals surface area (Å²) in [5, 5.41) is 2.18. The van der Waals surface area contributed by atoms with Gasteiger partial charge in [-0.15, -0.1) is 0 Å². The maximum absolute atomic E-state index is 5.99. The normalized spacial score (nSPS) is 12.4. The molecule has 2 aromatic rings. The molecule has 4 heteroatoms. The third kappa shape index (κ3) is 4.50. The van der Waals surface area contributed by atoms with Gasteiger partial charge in [-0.25, -0.2) is 0 Å². The van der Waals surface area contributed by atoms with E-state index in [1.807, 2.05) is 48.5 Å². The molecule has 19 heavy (non-hydrogen) atoms. The smallest absolute Gasteiger partial charge is 0.0926 e. The van der Waals surface area contributed by atoms with E-state index in [2.05, 4.69) is 15.9 Å². The number of hydrogen-bond acceptors (Lipinski definition) is 1. The van der Waals surface area contributed by atoms with E-state index in [0.29, 0.717) is 6.61 Å². The van der Waals surface area contributed by atoms with Crippen LogP contribution in [0.2, 0.25) is 10.0 Å². The molecule has 0 bridgehead atoms. The molecule has 0 saturated carbocycles. The average Bonchev–Trinajstić information content (AvgIpc) is 2.42. The van der Waals surface area contributed by atoms with E-state index in [0.717, 1.165) is 26.5 Å². The molecule has 0 radical (unpaired) electrons. The van der Waals surface area contributed by atoms with Gasteiger partial charge in [0.2, 0.25) is 0 Å². The number of hydrogen-bond donors (Lipinski definition) is 0. The van der Waals surface area contributed by atoms with Crippen LogP contribution in [0.25, 0.3) is 0 Å². The van der Waals surface area contributed by atoms with E-state index >= 15 is 0 Å². The van der Waals surface area contributed by atoms with Gasteiger partial charge in [0.05, 0.1) is 12.7 Å². The van der Waals surface area contributed by atoms with Crippen LogP contribution in [0.15, 0.2) is 48.5 Å². The SMILES string of the molecule is Clc1ccc(COC(CBr)c2cccc(Cl)c2)cc1. The van der Waals surface area contributed by atoms with Crippen molar-refractivity contribution in [1.29, 1.82) is 0 Å². The van der Waals surface area contributed by atoms with Gasteiger partial charge in [-0.05, 0) is 35.4 Å². The average molecular weight is 360 g/mol. The molecule has 2 aromatic carbocycles. The Morgan fingerprint density at radius 2 is 1.74 bits per heavy atom. The topological polar surface area (TPSA) is 9.23 Å². The van der Waals surface area contributed by atoms with E-state index in [1.54, 1.807) is 0 Å². The Labute approximate surface area is 131 Å². The number of benzene rings is 2. The highest BCUT2D eigenvalue weighted by atomic mass is 79.9. The third-order valence-electron chi connectivity index (χ3n) is 2.73. The summed E-state index contributed by atoms with van der Waals surface area (Å²) in [5.74, 6) is 0. The van der Waals surface area contributed by atoms with Crippen LogP contribution in [0.4, 0.5) is 0 Å². The largest absolute Gasteiger partial charge is 0.368 e. The predicted octanol–water partition coefficient (Wildman–Crippen LogP) is 5.65. The number of halogens is 3. The molecule has 0 aliphatic rings. The van der Waals surface area contributed by atoms with E-state index in [-0.39, 0.29) is 6.10 Å². The number of ether oxygens (including phenoxy) is 1. The first kappa shape index (κ1) is 14.9. The summed E-state index contributed by atoms with van der Waals surface area (Å²) in [4.78, 5) is 0. The summed E-state index contributed by atoms with van der Waals surface area (Å²) in [6.07, 6.45) is -0.0191. The first-order chi connectivity index (χ1) is 9.19. The molecule has 0 spiro atoms. The molecular formula is C15H13BrCl2O. The molecule has 0 amide bonds. The van der Waals surface area contributed by atoms with Gasteiger partial charge in [0.15, 0.2) is 0 Å². The number of rotatable bonds is 5. The second kappa shape index (κ2) is 7.30. The molecule has 0 aliphatic carbocycles. The van der Waals surface area contributed by atoms with Crippen molar-refractivity contribution in [3.63, 3.8) is 0 Å². The molecule has 0 aliphatic heterocycles. The van der Waals surface area contributed by atoms with Gasteiger partial charge >= 0.3 is 0 Å². The zero-order valence-electron chi connectivity index (χ0n) is 10.2. The van der Waals surface area contributed by atoms with E-state index in [4.69, 9.17) is 27.9 Å². The van der Waals surface area contributed by atoms with Crippen LogP contribution < -0.4 is 0 Å². The van der Waals surface area contributed by atoms with Gasteiger partial charge in [0, 0.05) is 15.4 Å². The highest BCUT2D eigenvalue weighted by Gasteiger charge is 2.11. The summed E-state index contributed by atoms with van der Waals surface area (Å²) in [6, 6.07) is 15.4. The summed E-state index contributed by atoms with van der Waals surface area (Å²) in [5.41, 5.74) is 2.16. The first-order valence-corrected chi connectivity index (χ1v) is 7.74. The Bertz CT molecular complexity index is 528. The van der Waals surface area contributed by atoms with Crippen LogP contribution in [0.3, 0.4) is 0 Å². The van der Waals surface area contributed by atoms with Gasteiger partial charge in [-0.3, -0.25) is 0 Å². The summed E-state index contributed by atoms with van der Waals surface area (Å²) >= 11 is 15.3. The van der Waals surface area contributed by atoms with Crippen LogP contribution in [0.5, 0.6) is 0 Å². The molecule has 1 nitrogen and oxygen atoms in total. The van der Waals surface area contributed by atoms with E-state index in [1.165, 1.54) is 0 Å². The van der Waals surface area contributed by atoms with Crippen molar-refractivity contribution in [1.82, 2.24) is 0 Å². The zero-order valence-corrected chi connectivity index (χ0v) is 13.3. The minimum atomic E-state index is -0.0191. The second-order valence-electron chi connectivity index (χ2n) is 4.14. The Balaban J connectivity index is 2.01. The maximum Gasteiger partial charge on any atom is 0.0926 e. The number of alkyl halides is 1. The summed E-state index contributed by atoms with van der Waals surface area (Å²) in [6.45, 7) is 0.542. The van der Waals surface area contributed by atoms with Gasteiger partial charge in [0.1, 0.15) is 0 Å². The monoisotopic (exact) mass is 358 g/mol. The fourth-order valence-corrected chi connectivity index (χ4v) is 2.60. The van der Waals surface area contributed by atoms with Crippen LogP contribution in [0, 0.1) is 0 Å². The van der Waals surface area contributed by atoms with Crippen LogP contribution in [-0.2, 0) is 11.3 Å². The third-order valence-corrected chi connectivity index (χ3v) is 3.80.